The predicted molar refractivity (Wildman–Crippen MR) is 136 cm³/mol. The van der Waals surface area contributed by atoms with Crippen LogP contribution in [-0.4, -0.2) is 47.0 Å². The van der Waals surface area contributed by atoms with Gasteiger partial charge >= 0.3 is 0 Å². The lowest BCUT2D eigenvalue weighted by atomic mass is 10.1. The molecule has 8 nitrogen and oxygen atoms in total. The summed E-state index contributed by atoms with van der Waals surface area (Å²) in [6.07, 6.45) is 0. The van der Waals surface area contributed by atoms with Gasteiger partial charge in [0.15, 0.2) is 0 Å². The highest BCUT2D eigenvalue weighted by Crippen LogP contribution is 2.25. The van der Waals surface area contributed by atoms with Crippen LogP contribution >= 0.6 is 11.6 Å². The first-order valence-electron chi connectivity index (χ1n) is 10.7. The van der Waals surface area contributed by atoms with Gasteiger partial charge in [-0.25, -0.2) is 8.42 Å². The number of amides is 2. The lowest BCUT2D eigenvalue weighted by Crippen LogP contribution is -2.38. The van der Waals surface area contributed by atoms with Gasteiger partial charge in [-0.2, -0.15) is 0 Å². The summed E-state index contributed by atoms with van der Waals surface area (Å²) in [5, 5.41) is 5.76. The third-order valence-corrected chi connectivity index (χ3v) is 7.09. The van der Waals surface area contributed by atoms with Crippen molar-refractivity contribution in [1.29, 1.82) is 0 Å². The number of nitrogens with zero attached hydrogens (tertiary/aromatic N) is 1. The van der Waals surface area contributed by atoms with Crippen LogP contribution in [0.5, 0.6) is 0 Å². The first-order valence-corrected chi connectivity index (χ1v) is 12.5. The second kappa shape index (κ2) is 11.8. The number of hydrogen-bond donors (Lipinski definition) is 2. The molecule has 0 spiro atoms. The summed E-state index contributed by atoms with van der Waals surface area (Å²) < 4.78 is 32.9. The molecule has 3 rings (SSSR count). The van der Waals surface area contributed by atoms with Gasteiger partial charge in [0.2, 0.25) is 5.91 Å². The number of para-hydroxylation sites is 1. The van der Waals surface area contributed by atoms with Crippen molar-refractivity contribution in [2.45, 2.75) is 11.8 Å². The molecule has 0 saturated carbocycles. The fourth-order valence-corrected chi connectivity index (χ4v) is 4.78. The molecule has 35 heavy (non-hydrogen) atoms. The minimum absolute atomic E-state index is 0.00630. The molecule has 0 atom stereocenters. The van der Waals surface area contributed by atoms with Crippen molar-refractivity contribution in [2.75, 3.05) is 36.4 Å². The summed E-state index contributed by atoms with van der Waals surface area (Å²) in [6, 6.07) is 19.0. The first-order chi connectivity index (χ1) is 16.7. The van der Waals surface area contributed by atoms with Crippen LogP contribution in [0.15, 0.2) is 77.7 Å². The second-order valence-corrected chi connectivity index (χ2v) is 9.94. The van der Waals surface area contributed by atoms with Crippen LogP contribution in [0.25, 0.3) is 0 Å². The molecule has 0 aliphatic rings. The van der Waals surface area contributed by atoms with Crippen LogP contribution in [0.4, 0.5) is 11.4 Å². The number of hydrogen-bond acceptors (Lipinski definition) is 5. The number of aryl methyl sites for hydroxylation is 1. The van der Waals surface area contributed by atoms with Crippen molar-refractivity contribution in [1.82, 2.24) is 5.32 Å². The summed E-state index contributed by atoms with van der Waals surface area (Å²) in [7, 11) is -2.57. The number of nitrogens with one attached hydrogen (secondary N) is 2. The Labute approximate surface area is 209 Å². The largest absolute Gasteiger partial charge is 0.383 e. The van der Waals surface area contributed by atoms with Crippen molar-refractivity contribution in [3.05, 3.63) is 88.9 Å². The van der Waals surface area contributed by atoms with Gasteiger partial charge in [0.25, 0.3) is 15.9 Å². The smallest absolute Gasteiger partial charge is 0.264 e. The molecule has 0 saturated heterocycles. The number of ether oxygens (including phenoxy) is 1. The van der Waals surface area contributed by atoms with Crippen molar-refractivity contribution >= 4 is 44.8 Å². The molecule has 3 aromatic rings. The summed E-state index contributed by atoms with van der Waals surface area (Å²) >= 11 is 5.92. The summed E-state index contributed by atoms with van der Waals surface area (Å²) in [5.41, 5.74) is 1.78. The Balaban J connectivity index is 1.88. The Bertz CT molecular complexity index is 1280. The van der Waals surface area contributed by atoms with Gasteiger partial charge in [-0.1, -0.05) is 41.4 Å². The molecule has 0 fully saturated rings. The number of anilines is 2. The molecule has 0 radical (unpaired) electrons. The molecule has 0 bridgehead atoms. The van der Waals surface area contributed by atoms with Crippen molar-refractivity contribution in [2.24, 2.45) is 0 Å². The first kappa shape index (κ1) is 26.2. The lowest BCUT2D eigenvalue weighted by molar-refractivity contribution is -0.114. The van der Waals surface area contributed by atoms with Crippen LogP contribution < -0.4 is 14.9 Å². The average Bonchev–Trinajstić information content (AvgIpc) is 2.84. The minimum Gasteiger partial charge on any atom is -0.383 e. The molecule has 2 amide bonds. The zero-order chi connectivity index (χ0) is 25.4. The van der Waals surface area contributed by atoms with Crippen molar-refractivity contribution in [3.63, 3.8) is 0 Å². The SMILES string of the molecule is COCCNC(=O)c1ccccc1NC(=O)CN(c1ccc(C)cc1)S(=O)(=O)c1ccc(Cl)cc1. The quantitative estimate of drug-likeness (QED) is 0.399. The van der Waals surface area contributed by atoms with E-state index in [4.69, 9.17) is 16.3 Å². The molecule has 0 aliphatic carbocycles. The average molecular weight is 516 g/mol. The highest BCUT2D eigenvalue weighted by molar-refractivity contribution is 7.92. The Kier molecular flexibility index (Phi) is 8.86. The standard InChI is InChI=1S/C25H26ClN3O5S/c1-18-7-11-20(12-8-18)29(35(32,33)21-13-9-19(26)10-14-21)17-24(30)28-23-6-4-3-5-22(23)25(31)27-15-16-34-2/h3-14H,15-17H2,1-2H3,(H,27,31)(H,28,30). The number of methoxy groups -OCH3 is 1. The number of rotatable bonds is 10. The monoisotopic (exact) mass is 515 g/mol. The zero-order valence-electron chi connectivity index (χ0n) is 19.3. The third-order valence-electron chi connectivity index (χ3n) is 5.05. The van der Waals surface area contributed by atoms with Gasteiger partial charge in [0, 0.05) is 18.7 Å². The van der Waals surface area contributed by atoms with Gasteiger partial charge < -0.3 is 15.4 Å². The lowest BCUT2D eigenvalue weighted by Gasteiger charge is -2.24. The van der Waals surface area contributed by atoms with E-state index in [9.17, 15) is 18.0 Å². The van der Waals surface area contributed by atoms with E-state index >= 15 is 0 Å². The van der Waals surface area contributed by atoms with Crippen molar-refractivity contribution < 1.29 is 22.7 Å². The van der Waals surface area contributed by atoms with Gasteiger partial charge in [-0.3, -0.25) is 13.9 Å². The molecule has 2 N–H and O–H groups in total. The van der Waals surface area contributed by atoms with E-state index in [0.29, 0.717) is 23.9 Å². The van der Waals surface area contributed by atoms with Crippen LogP contribution in [0, 0.1) is 6.92 Å². The molecule has 10 heteroatoms. The number of halogens is 1. The Morgan fingerprint density at radius 2 is 1.63 bits per heavy atom. The molecule has 0 aromatic heterocycles. The summed E-state index contributed by atoms with van der Waals surface area (Å²) in [5.74, 6) is -0.998. The number of carbonyl (C=O) groups is 2. The highest BCUT2D eigenvalue weighted by atomic mass is 35.5. The van der Waals surface area contributed by atoms with Crippen LogP contribution in [-0.2, 0) is 19.6 Å². The van der Waals surface area contributed by atoms with Gasteiger partial charge in [0.05, 0.1) is 28.4 Å². The maximum Gasteiger partial charge on any atom is 0.264 e. The topological polar surface area (TPSA) is 105 Å². The molecule has 0 aliphatic heterocycles. The highest BCUT2D eigenvalue weighted by Gasteiger charge is 2.27. The van der Waals surface area contributed by atoms with Crippen LogP contribution in [0.3, 0.4) is 0 Å². The van der Waals surface area contributed by atoms with E-state index in [-0.39, 0.29) is 22.1 Å². The Morgan fingerprint density at radius 1 is 0.971 bits per heavy atom. The van der Waals surface area contributed by atoms with Crippen LogP contribution in [0.1, 0.15) is 15.9 Å². The number of carbonyl (C=O) groups excluding carboxylic acids is 2. The second-order valence-electron chi connectivity index (χ2n) is 7.64. The normalized spacial score (nSPS) is 11.1. The van der Waals surface area contributed by atoms with E-state index < -0.39 is 22.5 Å². The maximum absolute atomic E-state index is 13.5. The Hall–Kier alpha value is -3.40. The van der Waals surface area contributed by atoms with E-state index in [1.165, 1.54) is 31.4 Å². The zero-order valence-corrected chi connectivity index (χ0v) is 20.9. The fourth-order valence-electron chi connectivity index (χ4n) is 3.23. The molecule has 0 unspecified atom stereocenters. The summed E-state index contributed by atoms with van der Waals surface area (Å²) in [4.78, 5) is 25.6. The van der Waals surface area contributed by atoms with Gasteiger partial charge in [-0.15, -0.1) is 0 Å². The maximum atomic E-state index is 13.5. The van der Waals surface area contributed by atoms with Gasteiger partial charge in [-0.05, 0) is 55.5 Å². The number of sulfonamides is 1. The molecular formula is C25H26ClN3O5S. The van der Waals surface area contributed by atoms with Crippen molar-refractivity contribution in [3.8, 4) is 0 Å². The molecule has 184 valence electrons. The fraction of sp³-hybridized carbons (Fsp3) is 0.200. The van der Waals surface area contributed by atoms with E-state index in [1.54, 1.807) is 48.5 Å². The van der Waals surface area contributed by atoms with E-state index in [1.807, 2.05) is 6.92 Å². The molecular weight excluding hydrogens is 490 g/mol. The third kappa shape index (κ3) is 6.82. The van der Waals surface area contributed by atoms with E-state index in [0.717, 1.165) is 9.87 Å². The minimum atomic E-state index is -4.09. The molecule has 0 heterocycles. The van der Waals surface area contributed by atoms with E-state index in [2.05, 4.69) is 10.6 Å². The predicted octanol–water partition coefficient (Wildman–Crippen LogP) is 3.86. The Morgan fingerprint density at radius 3 is 2.29 bits per heavy atom. The van der Waals surface area contributed by atoms with Gasteiger partial charge in [0.1, 0.15) is 6.54 Å². The van der Waals surface area contributed by atoms with Crippen LogP contribution in [0.2, 0.25) is 5.02 Å². The molecule has 3 aromatic carbocycles. The number of benzene rings is 3. The summed E-state index contributed by atoms with van der Waals surface area (Å²) in [6.45, 7) is 2.02.